The first-order chi connectivity index (χ1) is 9.94. The maximum atomic E-state index is 4.65. The molecular weight excluding hydrogens is 298 g/mol. The maximum absolute atomic E-state index is 4.65. The van der Waals surface area contributed by atoms with E-state index in [0.717, 1.165) is 29.0 Å². The van der Waals surface area contributed by atoms with E-state index in [1.807, 2.05) is 11.8 Å². The van der Waals surface area contributed by atoms with Crippen molar-refractivity contribution < 1.29 is 0 Å². The molecule has 3 nitrogen and oxygen atoms in total. The molecule has 0 bridgehead atoms. The molecule has 0 aromatic carbocycles. The minimum Gasteiger partial charge on any atom is -0.313 e. The van der Waals surface area contributed by atoms with Crippen LogP contribution in [0.5, 0.6) is 0 Å². The highest BCUT2D eigenvalue weighted by Gasteiger charge is 2.36. The quantitative estimate of drug-likeness (QED) is 0.870. The number of thioether (sulfide) groups is 1. The van der Waals surface area contributed by atoms with Gasteiger partial charge < -0.3 is 5.32 Å². The van der Waals surface area contributed by atoms with Gasteiger partial charge in [-0.25, -0.2) is 4.98 Å². The summed E-state index contributed by atoms with van der Waals surface area (Å²) in [7, 11) is 0. The smallest absolute Gasteiger partial charge is 0.170 e. The van der Waals surface area contributed by atoms with Gasteiger partial charge in [0.2, 0.25) is 0 Å². The van der Waals surface area contributed by atoms with Gasteiger partial charge in [-0.15, -0.1) is 0 Å². The number of aromatic nitrogens is 2. The van der Waals surface area contributed by atoms with Crippen molar-refractivity contribution in [3.05, 3.63) is 5.82 Å². The first-order valence-corrected chi connectivity index (χ1v) is 9.82. The fourth-order valence-corrected chi connectivity index (χ4v) is 5.40. The van der Waals surface area contributed by atoms with Crippen molar-refractivity contribution in [1.29, 1.82) is 0 Å². The Bertz CT molecular complexity index is 439. The Hall–Kier alpha value is -0.130. The minimum atomic E-state index is 0.408. The lowest BCUT2D eigenvalue weighted by atomic mass is 9.71. The Kier molecular flexibility index (Phi) is 6.09. The molecule has 1 N–H and O–H groups in total. The van der Waals surface area contributed by atoms with Gasteiger partial charge in [0.15, 0.2) is 4.34 Å². The summed E-state index contributed by atoms with van der Waals surface area (Å²) in [6.07, 6.45) is 4.84. The van der Waals surface area contributed by atoms with Gasteiger partial charge in [0.05, 0.1) is 0 Å². The summed E-state index contributed by atoms with van der Waals surface area (Å²) in [5.74, 6) is 1.80. The second-order valence-corrected chi connectivity index (χ2v) is 9.26. The van der Waals surface area contributed by atoms with Gasteiger partial charge in [-0.3, -0.25) is 0 Å². The number of nitrogens with zero attached hydrogens (tertiary/aromatic N) is 2. The van der Waals surface area contributed by atoms with Gasteiger partial charge >= 0.3 is 0 Å². The van der Waals surface area contributed by atoms with Crippen LogP contribution in [0.3, 0.4) is 0 Å². The summed E-state index contributed by atoms with van der Waals surface area (Å²) < 4.78 is 5.58. The molecular formula is C16H29N3S2. The van der Waals surface area contributed by atoms with Crippen LogP contribution in [0.1, 0.15) is 59.7 Å². The Labute approximate surface area is 137 Å². The molecule has 0 saturated heterocycles. The molecule has 21 heavy (non-hydrogen) atoms. The van der Waals surface area contributed by atoms with Crippen LogP contribution >= 0.6 is 23.3 Å². The predicted molar refractivity (Wildman–Crippen MR) is 93.2 cm³/mol. The molecule has 5 heteroatoms. The summed E-state index contributed by atoms with van der Waals surface area (Å²) in [6, 6.07) is 0.618. The van der Waals surface area contributed by atoms with Crippen LogP contribution < -0.4 is 5.32 Å². The number of aryl methyl sites for hydroxylation is 1. The van der Waals surface area contributed by atoms with E-state index < -0.39 is 0 Å². The van der Waals surface area contributed by atoms with E-state index in [1.54, 1.807) is 11.5 Å². The normalized spacial score (nSPS) is 27.0. The predicted octanol–water partition coefficient (Wildman–Crippen LogP) is 4.39. The lowest BCUT2D eigenvalue weighted by molar-refractivity contribution is 0.165. The van der Waals surface area contributed by atoms with Gasteiger partial charge in [-0.2, -0.15) is 4.37 Å². The van der Waals surface area contributed by atoms with E-state index in [9.17, 15) is 0 Å². The number of hydrogen-bond acceptors (Lipinski definition) is 5. The molecule has 1 saturated carbocycles. The van der Waals surface area contributed by atoms with Crippen molar-refractivity contribution in [2.45, 2.75) is 75.9 Å². The molecule has 0 spiro atoms. The van der Waals surface area contributed by atoms with Gasteiger partial charge in [0.25, 0.3) is 0 Å². The van der Waals surface area contributed by atoms with E-state index in [2.05, 4.69) is 49.3 Å². The summed E-state index contributed by atoms with van der Waals surface area (Å²) in [6.45, 7) is 12.5. The third-order valence-corrected chi connectivity index (χ3v) is 6.68. The van der Waals surface area contributed by atoms with Crippen LogP contribution in [0, 0.1) is 11.3 Å². The lowest BCUT2D eigenvalue weighted by Gasteiger charge is -2.41. The maximum Gasteiger partial charge on any atom is 0.170 e. The Morgan fingerprint density at radius 1 is 1.29 bits per heavy atom. The van der Waals surface area contributed by atoms with Crippen molar-refractivity contribution >= 4 is 23.3 Å². The molecule has 1 heterocycles. The second-order valence-electron chi connectivity index (χ2n) is 7.03. The summed E-state index contributed by atoms with van der Waals surface area (Å²) in [4.78, 5) is 4.65. The molecule has 1 aromatic heterocycles. The van der Waals surface area contributed by atoms with E-state index in [0.29, 0.717) is 16.7 Å². The molecule has 1 aliphatic carbocycles. The molecule has 1 aliphatic rings. The van der Waals surface area contributed by atoms with Crippen LogP contribution in [0.2, 0.25) is 0 Å². The van der Waals surface area contributed by atoms with Gasteiger partial charge in [0, 0.05) is 17.7 Å². The number of rotatable bonds is 5. The van der Waals surface area contributed by atoms with E-state index in [4.69, 9.17) is 0 Å². The molecule has 0 amide bonds. The van der Waals surface area contributed by atoms with Crippen molar-refractivity contribution in [3.63, 3.8) is 0 Å². The summed E-state index contributed by atoms with van der Waals surface area (Å²) in [5.41, 5.74) is 0.408. The largest absolute Gasteiger partial charge is 0.313 e. The molecule has 0 radical (unpaired) electrons. The lowest BCUT2D eigenvalue weighted by Crippen LogP contribution is -2.44. The topological polar surface area (TPSA) is 37.8 Å². The molecule has 1 fully saturated rings. The first-order valence-electron chi connectivity index (χ1n) is 8.16. The zero-order chi connectivity index (χ0) is 15.5. The SMILES string of the molecule is CCNC1CCC(C(C)(C)C)CC1Sc1nc(CC)ns1. The Morgan fingerprint density at radius 2 is 2.05 bits per heavy atom. The van der Waals surface area contributed by atoms with Crippen molar-refractivity contribution in [3.8, 4) is 0 Å². The van der Waals surface area contributed by atoms with E-state index >= 15 is 0 Å². The van der Waals surface area contributed by atoms with Crippen LogP contribution in [0.4, 0.5) is 0 Å². The zero-order valence-corrected chi connectivity index (χ0v) is 15.6. The van der Waals surface area contributed by atoms with Crippen LogP contribution in [-0.4, -0.2) is 27.2 Å². The molecule has 3 atom stereocenters. The average Bonchev–Trinajstić information content (AvgIpc) is 2.87. The minimum absolute atomic E-state index is 0.408. The average molecular weight is 328 g/mol. The monoisotopic (exact) mass is 327 g/mol. The fraction of sp³-hybridized carbons (Fsp3) is 0.875. The Balaban J connectivity index is 2.06. The molecule has 120 valence electrons. The fourth-order valence-electron chi connectivity index (χ4n) is 3.10. The summed E-state index contributed by atoms with van der Waals surface area (Å²) >= 11 is 3.52. The first kappa shape index (κ1) is 17.2. The molecule has 0 aliphatic heterocycles. The third kappa shape index (κ3) is 4.67. The van der Waals surface area contributed by atoms with Gasteiger partial charge in [-0.05, 0) is 48.7 Å². The highest BCUT2D eigenvalue weighted by molar-refractivity contribution is 8.01. The van der Waals surface area contributed by atoms with Crippen LogP contribution in [0.25, 0.3) is 0 Å². The molecule has 3 unspecified atom stereocenters. The third-order valence-electron chi connectivity index (χ3n) is 4.50. The Morgan fingerprint density at radius 3 is 2.62 bits per heavy atom. The van der Waals surface area contributed by atoms with Crippen LogP contribution in [0.15, 0.2) is 4.34 Å². The van der Waals surface area contributed by atoms with Crippen LogP contribution in [-0.2, 0) is 6.42 Å². The highest BCUT2D eigenvalue weighted by Crippen LogP contribution is 2.43. The van der Waals surface area contributed by atoms with Gasteiger partial charge in [0.1, 0.15) is 5.82 Å². The van der Waals surface area contributed by atoms with Gasteiger partial charge in [-0.1, -0.05) is 46.4 Å². The van der Waals surface area contributed by atoms with Crippen molar-refractivity contribution in [2.24, 2.45) is 11.3 Å². The molecule has 1 aromatic rings. The standard InChI is InChI=1S/C16H29N3S2/c1-6-14-18-15(21-19-14)20-13-10-11(16(3,4)5)8-9-12(13)17-7-2/h11-13,17H,6-10H2,1-5H3. The number of hydrogen-bond donors (Lipinski definition) is 1. The highest BCUT2D eigenvalue weighted by atomic mass is 32.2. The summed E-state index contributed by atoms with van der Waals surface area (Å²) in [5, 5.41) is 4.31. The van der Waals surface area contributed by atoms with E-state index in [1.165, 1.54) is 19.3 Å². The molecule has 2 rings (SSSR count). The van der Waals surface area contributed by atoms with E-state index in [-0.39, 0.29) is 0 Å². The van der Waals surface area contributed by atoms with Crippen molar-refractivity contribution in [1.82, 2.24) is 14.7 Å². The van der Waals surface area contributed by atoms with Crippen molar-refractivity contribution in [2.75, 3.05) is 6.54 Å². The number of nitrogens with one attached hydrogen (secondary N) is 1. The second kappa shape index (κ2) is 7.42. The zero-order valence-electron chi connectivity index (χ0n) is 14.0.